The van der Waals surface area contributed by atoms with Crippen molar-refractivity contribution in [3.05, 3.63) is 64.7 Å². The number of carbonyl (C=O) groups excluding carboxylic acids is 1. The highest BCUT2D eigenvalue weighted by Gasteiger charge is 2.14. The zero-order valence-electron chi connectivity index (χ0n) is 12.9. The Morgan fingerprint density at radius 2 is 1.88 bits per heavy atom. The molecule has 124 valence electrons. The minimum atomic E-state index is -0.479. The molecule has 0 bridgehead atoms. The Morgan fingerprint density at radius 1 is 1.21 bits per heavy atom. The molecule has 0 heterocycles. The van der Waals surface area contributed by atoms with E-state index in [1.54, 1.807) is 48.5 Å². The number of rotatable bonds is 7. The van der Waals surface area contributed by atoms with Crippen LogP contribution in [0.25, 0.3) is 0 Å². The van der Waals surface area contributed by atoms with Crippen LogP contribution in [-0.4, -0.2) is 24.2 Å². The third-order valence-corrected chi connectivity index (χ3v) is 3.63. The van der Waals surface area contributed by atoms with Crippen molar-refractivity contribution < 1.29 is 14.6 Å². The maximum Gasteiger partial charge on any atom is 0.224 e. The Morgan fingerprint density at radius 3 is 2.46 bits per heavy atom. The SMILES string of the molecule is N#CCOc1ccc(CC(=O)NC(CO)c2ccc(Cl)cc2)cc1. The topological polar surface area (TPSA) is 82.3 Å². The van der Waals surface area contributed by atoms with Crippen molar-refractivity contribution in [1.29, 1.82) is 5.26 Å². The molecule has 0 radical (unpaired) electrons. The Kier molecular flexibility index (Phi) is 6.62. The summed E-state index contributed by atoms with van der Waals surface area (Å²) >= 11 is 5.84. The minimum absolute atomic E-state index is 0.0148. The molecule has 0 aliphatic rings. The lowest BCUT2D eigenvalue weighted by Gasteiger charge is -2.17. The van der Waals surface area contributed by atoms with Gasteiger partial charge in [-0.1, -0.05) is 35.9 Å². The summed E-state index contributed by atoms with van der Waals surface area (Å²) in [6, 6.07) is 15.3. The van der Waals surface area contributed by atoms with Gasteiger partial charge in [-0.25, -0.2) is 0 Å². The van der Waals surface area contributed by atoms with Crippen LogP contribution in [0.4, 0.5) is 0 Å². The molecule has 24 heavy (non-hydrogen) atoms. The van der Waals surface area contributed by atoms with Crippen molar-refractivity contribution in [2.45, 2.75) is 12.5 Å². The maximum absolute atomic E-state index is 12.2. The summed E-state index contributed by atoms with van der Waals surface area (Å²) < 4.78 is 5.16. The number of carbonyl (C=O) groups is 1. The lowest BCUT2D eigenvalue weighted by atomic mass is 10.1. The van der Waals surface area contributed by atoms with Crippen molar-refractivity contribution in [3.63, 3.8) is 0 Å². The third-order valence-electron chi connectivity index (χ3n) is 3.38. The van der Waals surface area contributed by atoms with E-state index in [2.05, 4.69) is 5.32 Å². The molecular weight excluding hydrogens is 328 g/mol. The van der Waals surface area contributed by atoms with Gasteiger partial charge in [0.25, 0.3) is 0 Å². The predicted molar refractivity (Wildman–Crippen MR) is 90.7 cm³/mol. The molecule has 0 aliphatic heterocycles. The molecule has 0 saturated heterocycles. The van der Waals surface area contributed by atoms with E-state index in [1.165, 1.54) is 0 Å². The van der Waals surface area contributed by atoms with Gasteiger partial charge in [-0.15, -0.1) is 0 Å². The first-order valence-electron chi connectivity index (χ1n) is 7.36. The van der Waals surface area contributed by atoms with Crippen molar-refractivity contribution in [2.24, 2.45) is 0 Å². The molecule has 0 saturated carbocycles. The monoisotopic (exact) mass is 344 g/mol. The Labute approximate surface area is 145 Å². The summed E-state index contributed by atoms with van der Waals surface area (Å²) in [5.41, 5.74) is 1.60. The number of nitriles is 1. The van der Waals surface area contributed by atoms with Gasteiger partial charge >= 0.3 is 0 Å². The van der Waals surface area contributed by atoms with E-state index < -0.39 is 6.04 Å². The molecule has 0 fully saturated rings. The molecular formula is C18H17ClN2O3. The molecule has 2 rings (SSSR count). The average molecular weight is 345 g/mol. The predicted octanol–water partition coefficient (Wildman–Crippen LogP) is 2.63. The van der Waals surface area contributed by atoms with Gasteiger partial charge < -0.3 is 15.2 Å². The molecule has 0 aliphatic carbocycles. The lowest BCUT2D eigenvalue weighted by Crippen LogP contribution is -2.31. The largest absolute Gasteiger partial charge is 0.479 e. The fourth-order valence-electron chi connectivity index (χ4n) is 2.18. The number of amides is 1. The van der Waals surface area contributed by atoms with Crippen LogP contribution in [0.3, 0.4) is 0 Å². The van der Waals surface area contributed by atoms with Gasteiger partial charge in [0.15, 0.2) is 6.61 Å². The molecule has 0 aromatic heterocycles. The van der Waals surface area contributed by atoms with Gasteiger partial charge in [0.05, 0.1) is 19.1 Å². The van der Waals surface area contributed by atoms with E-state index in [4.69, 9.17) is 21.6 Å². The number of nitrogens with one attached hydrogen (secondary N) is 1. The van der Waals surface area contributed by atoms with Crippen LogP contribution in [0.5, 0.6) is 5.75 Å². The van der Waals surface area contributed by atoms with Gasteiger partial charge in [0.2, 0.25) is 5.91 Å². The van der Waals surface area contributed by atoms with Crippen molar-refractivity contribution in [1.82, 2.24) is 5.32 Å². The van der Waals surface area contributed by atoms with E-state index in [0.717, 1.165) is 11.1 Å². The molecule has 1 unspecified atom stereocenters. The van der Waals surface area contributed by atoms with Crippen LogP contribution in [0.15, 0.2) is 48.5 Å². The first kappa shape index (κ1) is 17.8. The number of nitrogens with zero attached hydrogens (tertiary/aromatic N) is 1. The van der Waals surface area contributed by atoms with Gasteiger partial charge in [-0.2, -0.15) is 5.26 Å². The number of aliphatic hydroxyl groups is 1. The zero-order valence-corrected chi connectivity index (χ0v) is 13.7. The smallest absolute Gasteiger partial charge is 0.224 e. The molecule has 1 atom stereocenters. The number of halogens is 1. The van der Waals surface area contributed by atoms with Crippen LogP contribution in [-0.2, 0) is 11.2 Å². The van der Waals surface area contributed by atoms with Crippen LogP contribution >= 0.6 is 11.6 Å². The number of ether oxygens (including phenoxy) is 1. The van der Waals surface area contributed by atoms with Gasteiger partial charge in [0, 0.05) is 5.02 Å². The second-order valence-corrected chi connectivity index (χ2v) is 5.56. The summed E-state index contributed by atoms with van der Waals surface area (Å²) in [6.45, 7) is -0.215. The second kappa shape index (κ2) is 8.92. The van der Waals surface area contributed by atoms with Crippen LogP contribution in [0, 0.1) is 11.3 Å². The van der Waals surface area contributed by atoms with Crippen LogP contribution in [0.1, 0.15) is 17.2 Å². The first-order chi connectivity index (χ1) is 11.6. The van der Waals surface area contributed by atoms with E-state index >= 15 is 0 Å². The highest BCUT2D eigenvalue weighted by Crippen LogP contribution is 2.17. The highest BCUT2D eigenvalue weighted by molar-refractivity contribution is 6.30. The number of benzene rings is 2. The van der Waals surface area contributed by atoms with Crippen LogP contribution in [0.2, 0.25) is 5.02 Å². The normalized spacial score (nSPS) is 11.4. The second-order valence-electron chi connectivity index (χ2n) is 5.12. The van der Waals surface area contributed by atoms with Crippen molar-refractivity contribution in [3.8, 4) is 11.8 Å². The van der Waals surface area contributed by atoms with Crippen molar-refractivity contribution >= 4 is 17.5 Å². The first-order valence-corrected chi connectivity index (χ1v) is 7.74. The Bertz CT molecular complexity index is 709. The Hall–Kier alpha value is -2.55. The molecule has 0 spiro atoms. The quantitative estimate of drug-likeness (QED) is 0.809. The van der Waals surface area contributed by atoms with Crippen molar-refractivity contribution in [2.75, 3.05) is 13.2 Å². The molecule has 2 N–H and O–H groups in total. The Balaban J connectivity index is 1.93. The van der Waals surface area contributed by atoms with E-state index in [9.17, 15) is 9.90 Å². The summed E-state index contributed by atoms with van der Waals surface area (Å²) in [5, 5.41) is 21.3. The molecule has 6 heteroatoms. The van der Waals surface area contributed by atoms with Crippen LogP contribution < -0.4 is 10.1 Å². The fourth-order valence-corrected chi connectivity index (χ4v) is 2.31. The highest BCUT2D eigenvalue weighted by atomic mass is 35.5. The van der Waals surface area contributed by atoms with Gasteiger partial charge in [-0.05, 0) is 35.4 Å². The molecule has 2 aromatic carbocycles. The summed E-state index contributed by atoms with van der Waals surface area (Å²) in [5.74, 6) is 0.379. The zero-order chi connectivity index (χ0) is 17.4. The molecule has 1 amide bonds. The maximum atomic E-state index is 12.2. The summed E-state index contributed by atoms with van der Waals surface area (Å²) in [7, 11) is 0. The summed E-state index contributed by atoms with van der Waals surface area (Å²) in [4.78, 5) is 12.2. The standard InChI is InChI=1S/C18H17ClN2O3/c19-15-5-3-14(4-6-15)17(12-22)21-18(23)11-13-1-7-16(8-2-13)24-10-9-20/h1-8,17,22H,10-12H2,(H,21,23). The number of hydrogen-bond acceptors (Lipinski definition) is 4. The molecule has 2 aromatic rings. The van der Waals surface area contributed by atoms with Gasteiger partial charge in [0.1, 0.15) is 11.8 Å². The molecule has 5 nitrogen and oxygen atoms in total. The van der Waals surface area contributed by atoms with E-state index in [1.807, 2.05) is 6.07 Å². The van der Waals surface area contributed by atoms with E-state index in [0.29, 0.717) is 10.8 Å². The van der Waals surface area contributed by atoms with Gasteiger partial charge in [-0.3, -0.25) is 4.79 Å². The number of hydrogen-bond donors (Lipinski definition) is 2. The number of aliphatic hydroxyl groups excluding tert-OH is 1. The minimum Gasteiger partial charge on any atom is -0.479 e. The third kappa shape index (κ3) is 5.27. The van der Waals surface area contributed by atoms with E-state index in [-0.39, 0.29) is 25.5 Å². The fraction of sp³-hybridized carbons (Fsp3) is 0.222. The lowest BCUT2D eigenvalue weighted by molar-refractivity contribution is -0.121. The average Bonchev–Trinajstić information content (AvgIpc) is 2.60. The summed E-state index contributed by atoms with van der Waals surface area (Å²) in [6.07, 6.45) is 0.183.